The number of anilines is 1. The Bertz CT molecular complexity index is 590. The molecule has 0 saturated carbocycles. The van der Waals surface area contributed by atoms with Gasteiger partial charge in [-0.2, -0.15) is 4.98 Å². The SMILES string of the molecule is CO.COC(CO)CCn1cnc2c(=O)[nH]c(N)nc21. The Balaban J connectivity index is 0.000000956. The second-order valence-electron chi connectivity index (χ2n) is 3.89. The first kappa shape index (κ1) is 16.1. The molecule has 1 unspecified atom stereocenters. The van der Waals surface area contributed by atoms with Crippen molar-refractivity contribution in [1.29, 1.82) is 0 Å². The minimum atomic E-state index is -0.360. The van der Waals surface area contributed by atoms with E-state index >= 15 is 0 Å². The number of aromatic nitrogens is 4. The van der Waals surface area contributed by atoms with E-state index in [9.17, 15) is 4.79 Å². The molecule has 20 heavy (non-hydrogen) atoms. The van der Waals surface area contributed by atoms with Crippen molar-refractivity contribution in [3.8, 4) is 0 Å². The molecular formula is C11H19N5O4. The first-order chi connectivity index (χ1) is 9.65. The van der Waals surface area contributed by atoms with E-state index < -0.39 is 0 Å². The number of aliphatic hydroxyl groups is 2. The quantitative estimate of drug-likeness (QED) is 0.535. The van der Waals surface area contributed by atoms with Gasteiger partial charge in [0.05, 0.1) is 19.0 Å². The van der Waals surface area contributed by atoms with Crippen LogP contribution in [0.1, 0.15) is 6.42 Å². The number of nitrogens with zero attached hydrogens (tertiary/aromatic N) is 3. The summed E-state index contributed by atoms with van der Waals surface area (Å²) in [6.07, 6.45) is 1.87. The summed E-state index contributed by atoms with van der Waals surface area (Å²) < 4.78 is 6.77. The van der Waals surface area contributed by atoms with E-state index in [-0.39, 0.29) is 29.7 Å². The molecule has 0 spiro atoms. The summed E-state index contributed by atoms with van der Waals surface area (Å²) in [4.78, 5) is 22.0. The first-order valence-electron chi connectivity index (χ1n) is 5.94. The van der Waals surface area contributed by atoms with E-state index in [1.165, 1.54) is 13.4 Å². The first-order valence-corrected chi connectivity index (χ1v) is 5.94. The minimum Gasteiger partial charge on any atom is -0.400 e. The average Bonchev–Trinajstić information content (AvgIpc) is 2.85. The molecule has 0 aromatic carbocycles. The van der Waals surface area contributed by atoms with E-state index in [1.807, 2.05) is 0 Å². The third kappa shape index (κ3) is 3.53. The molecule has 112 valence electrons. The molecule has 0 aliphatic rings. The van der Waals surface area contributed by atoms with Crippen LogP contribution in [0.25, 0.3) is 11.2 Å². The molecule has 0 bridgehead atoms. The summed E-state index contributed by atoms with van der Waals surface area (Å²) in [5.41, 5.74) is 5.82. The van der Waals surface area contributed by atoms with Gasteiger partial charge in [-0.25, -0.2) is 4.98 Å². The average molecular weight is 285 g/mol. The van der Waals surface area contributed by atoms with Crippen molar-refractivity contribution in [3.63, 3.8) is 0 Å². The van der Waals surface area contributed by atoms with Crippen LogP contribution in [0, 0.1) is 0 Å². The Labute approximate surface area is 115 Å². The number of nitrogen functional groups attached to an aromatic ring is 1. The summed E-state index contributed by atoms with van der Waals surface area (Å²) in [5.74, 6) is 0.0553. The van der Waals surface area contributed by atoms with Gasteiger partial charge in [0.2, 0.25) is 5.95 Å². The van der Waals surface area contributed by atoms with Gasteiger partial charge in [0.1, 0.15) is 0 Å². The molecule has 0 saturated heterocycles. The molecule has 2 aromatic heterocycles. The van der Waals surface area contributed by atoms with Crippen LogP contribution in [-0.2, 0) is 11.3 Å². The molecular weight excluding hydrogens is 266 g/mol. The molecule has 0 fully saturated rings. The van der Waals surface area contributed by atoms with Gasteiger partial charge in [-0.1, -0.05) is 0 Å². The lowest BCUT2D eigenvalue weighted by atomic mass is 10.2. The fraction of sp³-hybridized carbons (Fsp3) is 0.545. The fourth-order valence-corrected chi connectivity index (χ4v) is 1.70. The van der Waals surface area contributed by atoms with Gasteiger partial charge in [0.15, 0.2) is 11.2 Å². The van der Waals surface area contributed by atoms with Gasteiger partial charge in [-0.05, 0) is 6.42 Å². The number of aliphatic hydroxyl groups excluding tert-OH is 2. The van der Waals surface area contributed by atoms with Crippen molar-refractivity contribution in [3.05, 3.63) is 16.7 Å². The number of fused-ring (bicyclic) bond motifs is 1. The Morgan fingerprint density at radius 3 is 2.85 bits per heavy atom. The second kappa shape index (κ2) is 7.58. The number of H-pyrrole nitrogens is 1. The molecule has 0 aliphatic heterocycles. The largest absolute Gasteiger partial charge is 0.400 e. The number of imidazole rings is 1. The lowest BCUT2D eigenvalue weighted by molar-refractivity contribution is 0.0405. The fourth-order valence-electron chi connectivity index (χ4n) is 1.70. The van der Waals surface area contributed by atoms with Crippen molar-refractivity contribution in [1.82, 2.24) is 19.5 Å². The lowest BCUT2D eigenvalue weighted by Gasteiger charge is -2.12. The smallest absolute Gasteiger partial charge is 0.280 e. The normalized spacial score (nSPS) is 12.0. The summed E-state index contributed by atoms with van der Waals surface area (Å²) in [6, 6.07) is 0. The third-order valence-corrected chi connectivity index (χ3v) is 2.72. The molecule has 2 heterocycles. The maximum Gasteiger partial charge on any atom is 0.280 e. The maximum absolute atomic E-state index is 11.5. The summed E-state index contributed by atoms with van der Waals surface area (Å²) in [6.45, 7) is 0.477. The molecule has 9 heteroatoms. The van der Waals surface area contributed by atoms with Crippen LogP contribution in [0.5, 0.6) is 0 Å². The van der Waals surface area contributed by atoms with E-state index in [0.29, 0.717) is 18.6 Å². The Hall–Kier alpha value is -1.97. The Morgan fingerprint density at radius 1 is 1.55 bits per heavy atom. The summed E-state index contributed by atoms with van der Waals surface area (Å²) in [5, 5.41) is 16.0. The predicted molar refractivity (Wildman–Crippen MR) is 73.2 cm³/mol. The van der Waals surface area contributed by atoms with Crippen LogP contribution in [0.3, 0.4) is 0 Å². The highest BCUT2D eigenvalue weighted by molar-refractivity contribution is 5.70. The van der Waals surface area contributed by atoms with Crippen molar-refractivity contribution < 1.29 is 14.9 Å². The molecule has 0 amide bonds. The molecule has 1 atom stereocenters. The molecule has 2 rings (SSSR count). The minimum absolute atomic E-state index is 0.0553. The van der Waals surface area contributed by atoms with Crippen molar-refractivity contribution in [2.24, 2.45) is 0 Å². The standard InChI is InChI=1S/C10H15N5O3.CH4O/c1-18-6(4-16)2-3-15-5-12-7-8(15)13-10(11)14-9(7)17;1-2/h5-6,16H,2-4H2,1H3,(H3,11,13,14,17);2H,1H3. The topological polar surface area (TPSA) is 139 Å². The van der Waals surface area contributed by atoms with Crippen LogP contribution in [0.15, 0.2) is 11.1 Å². The van der Waals surface area contributed by atoms with Gasteiger partial charge < -0.3 is 25.3 Å². The van der Waals surface area contributed by atoms with Crippen molar-refractivity contribution in [2.45, 2.75) is 19.1 Å². The van der Waals surface area contributed by atoms with Gasteiger partial charge in [0, 0.05) is 20.8 Å². The van der Waals surface area contributed by atoms with Crippen LogP contribution in [0.2, 0.25) is 0 Å². The van der Waals surface area contributed by atoms with Crippen molar-refractivity contribution >= 4 is 17.1 Å². The number of rotatable bonds is 5. The highest BCUT2D eigenvalue weighted by Gasteiger charge is 2.11. The summed E-state index contributed by atoms with van der Waals surface area (Å²) in [7, 11) is 2.54. The monoisotopic (exact) mass is 285 g/mol. The zero-order valence-electron chi connectivity index (χ0n) is 11.4. The number of nitrogens with one attached hydrogen (secondary N) is 1. The Kier molecular flexibility index (Phi) is 6.10. The zero-order chi connectivity index (χ0) is 15.1. The van der Waals surface area contributed by atoms with Crippen molar-refractivity contribution in [2.75, 3.05) is 26.6 Å². The molecule has 5 N–H and O–H groups in total. The van der Waals surface area contributed by atoms with E-state index in [2.05, 4.69) is 15.0 Å². The number of nitrogens with two attached hydrogens (primary N) is 1. The van der Waals surface area contributed by atoms with Gasteiger partial charge in [-0.15, -0.1) is 0 Å². The van der Waals surface area contributed by atoms with E-state index in [0.717, 1.165) is 7.11 Å². The number of aryl methyl sites for hydroxylation is 1. The van der Waals surface area contributed by atoms with Crippen LogP contribution in [0.4, 0.5) is 5.95 Å². The number of methoxy groups -OCH3 is 1. The number of hydrogen-bond donors (Lipinski definition) is 4. The molecule has 0 aliphatic carbocycles. The van der Waals surface area contributed by atoms with Crippen LogP contribution >= 0.6 is 0 Å². The highest BCUT2D eigenvalue weighted by atomic mass is 16.5. The van der Waals surface area contributed by atoms with E-state index in [1.54, 1.807) is 4.57 Å². The maximum atomic E-state index is 11.5. The number of ether oxygens (including phenoxy) is 1. The highest BCUT2D eigenvalue weighted by Crippen LogP contribution is 2.08. The van der Waals surface area contributed by atoms with Gasteiger partial charge in [0.25, 0.3) is 5.56 Å². The van der Waals surface area contributed by atoms with Gasteiger partial charge in [-0.3, -0.25) is 9.78 Å². The molecule has 9 nitrogen and oxygen atoms in total. The van der Waals surface area contributed by atoms with Gasteiger partial charge >= 0.3 is 0 Å². The molecule has 0 radical (unpaired) electrons. The summed E-state index contributed by atoms with van der Waals surface area (Å²) >= 11 is 0. The number of hydrogen-bond acceptors (Lipinski definition) is 7. The second-order valence-corrected chi connectivity index (χ2v) is 3.89. The number of aromatic amines is 1. The Morgan fingerprint density at radius 2 is 2.25 bits per heavy atom. The predicted octanol–water partition coefficient (Wildman–Crippen LogP) is -1.29. The zero-order valence-corrected chi connectivity index (χ0v) is 11.4. The third-order valence-electron chi connectivity index (χ3n) is 2.72. The lowest BCUT2D eigenvalue weighted by Crippen LogP contribution is -2.18. The van der Waals surface area contributed by atoms with Crippen LogP contribution in [-0.4, -0.2) is 56.7 Å². The van der Waals surface area contributed by atoms with Crippen LogP contribution < -0.4 is 11.3 Å². The molecule has 2 aromatic rings. The van der Waals surface area contributed by atoms with E-state index in [4.69, 9.17) is 20.7 Å².